The molecule has 0 aliphatic carbocycles. The number of halogens is 3. The summed E-state index contributed by atoms with van der Waals surface area (Å²) in [4.78, 5) is 10.6. The molecule has 0 saturated heterocycles. The van der Waals surface area contributed by atoms with Crippen molar-refractivity contribution in [2.75, 3.05) is 5.73 Å². The second kappa shape index (κ2) is 5.47. The third kappa shape index (κ3) is 3.53. The van der Waals surface area contributed by atoms with Crippen LogP contribution in [0.3, 0.4) is 0 Å². The van der Waals surface area contributed by atoms with E-state index in [1.54, 1.807) is 0 Å². The Morgan fingerprint density at radius 1 is 1.29 bits per heavy atom. The van der Waals surface area contributed by atoms with Gasteiger partial charge in [0.15, 0.2) is 0 Å². The maximum Gasteiger partial charge on any atom is 0.416 e. The van der Waals surface area contributed by atoms with Crippen LogP contribution in [0.15, 0.2) is 30.5 Å². The molecule has 1 aromatic carbocycles. The maximum absolute atomic E-state index is 12.4. The normalized spacial score (nSPS) is 11.6. The van der Waals surface area contributed by atoms with Gasteiger partial charge in [-0.3, -0.25) is 4.79 Å². The molecular formula is C13H12F3N3O2. The lowest BCUT2D eigenvalue weighted by molar-refractivity contribution is -0.138. The van der Waals surface area contributed by atoms with Gasteiger partial charge in [-0.05, 0) is 17.7 Å². The Hall–Kier alpha value is -2.51. The minimum atomic E-state index is -4.38. The van der Waals surface area contributed by atoms with E-state index in [9.17, 15) is 18.0 Å². The molecule has 112 valence electrons. The molecule has 0 aliphatic heterocycles. The van der Waals surface area contributed by atoms with Crippen LogP contribution in [0.5, 0.6) is 0 Å². The molecule has 5 nitrogen and oxygen atoms in total. The minimum absolute atomic E-state index is 0.170. The van der Waals surface area contributed by atoms with E-state index in [-0.39, 0.29) is 18.8 Å². The molecule has 1 aromatic heterocycles. The van der Waals surface area contributed by atoms with Gasteiger partial charge in [0.2, 0.25) is 0 Å². The number of nitrogen functional groups attached to an aromatic ring is 1. The average Bonchev–Trinajstić information content (AvgIpc) is 2.70. The topological polar surface area (TPSA) is 81.1 Å². The van der Waals surface area contributed by atoms with Crippen LogP contribution in [-0.4, -0.2) is 20.9 Å². The third-order valence-electron chi connectivity index (χ3n) is 2.92. The Bertz CT molecular complexity index is 648. The summed E-state index contributed by atoms with van der Waals surface area (Å²) in [6, 6.07) is 4.63. The van der Waals surface area contributed by atoms with Crippen molar-refractivity contribution in [1.82, 2.24) is 9.78 Å². The molecule has 0 bridgehead atoms. The SMILES string of the molecule is Nc1c(CC(=O)O)cnn1Cc1ccc(C(F)(F)F)cc1. The average molecular weight is 299 g/mol. The molecule has 0 saturated carbocycles. The summed E-state index contributed by atoms with van der Waals surface area (Å²) < 4.78 is 38.7. The Morgan fingerprint density at radius 3 is 2.43 bits per heavy atom. The molecule has 0 atom stereocenters. The third-order valence-corrected chi connectivity index (χ3v) is 2.92. The van der Waals surface area contributed by atoms with Gasteiger partial charge >= 0.3 is 12.1 Å². The Balaban J connectivity index is 2.15. The number of aliphatic carboxylic acids is 1. The maximum atomic E-state index is 12.4. The number of nitrogens with two attached hydrogens (primary N) is 1. The number of carboxylic acid groups (broad SMARTS) is 1. The van der Waals surface area contributed by atoms with Crippen molar-refractivity contribution in [3.63, 3.8) is 0 Å². The lowest BCUT2D eigenvalue weighted by atomic mass is 10.1. The van der Waals surface area contributed by atoms with Gasteiger partial charge in [-0.2, -0.15) is 18.3 Å². The number of hydrogen-bond acceptors (Lipinski definition) is 3. The van der Waals surface area contributed by atoms with Gasteiger partial charge in [-0.15, -0.1) is 0 Å². The zero-order valence-electron chi connectivity index (χ0n) is 10.8. The van der Waals surface area contributed by atoms with E-state index in [0.29, 0.717) is 11.1 Å². The van der Waals surface area contributed by atoms with Crippen molar-refractivity contribution < 1.29 is 23.1 Å². The van der Waals surface area contributed by atoms with Crippen LogP contribution in [0.1, 0.15) is 16.7 Å². The number of benzene rings is 1. The van der Waals surface area contributed by atoms with Crippen molar-refractivity contribution in [2.45, 2.75) is 19.1 Å². The van der Waals surface area contributed by atoms with E-state index in [2.05, 4.69) is 5.10 Å². The summed E-state index contributed by atoms with van der Waals surface area (Å²) in [5.41, 5.74) is 5.98. The predicted molar refractivity (Wildman–Crippen MR) is 68.5 cm³/mol. The first-order valence-electron chi connectivity index (χ1n) is 5.95. The highest BCUT2D eigenvalue weighted by Crippen LogP contribution is 2.29. The van der Waals surface area contributed by atoms with Gasteiger partial charge in [0, 0.05) is 5.56 Å². The first-order valence-corrected chi connectivity index (χ1v) is 5.95. The fourth-order valence-corrected chi connectivity index (χ4v) is 1.83. The standard InChI is InChI=1S/C13H12F3N3O2/c14-13(15,16)10-3-1-8(2-4-10)7-19-12(17)9(6-18-19)5-11(20)21/h1-4,6H,5,7,17H2,(H,20,21). The quantitative estimate of drug-likeness (QED) is 0.906. The second-order valence-electron chi connectivity index (χ2n) is 4.48. The van der Waals surface area contributed by atoms with Crippen LogP contribution in [-0.2, 0) is 23.9 Å². The summed E-state index contributed by atoms with van der Waals surface area (Å²) in [7, 11) is 0. The molecule has 2 rings (SSSR count). The first kappa shape index (κ1) is 14.9. The van der Waals surface area contributed by atoms with Gasteiger partial charge in [0.05, 0.1) is 24.7 Å². The van der Waals surface area contributed by atoms with E-state index < -0.39 is 17.7 Å². The highest BCUT2D eigenvalue weighted by Gasteiger charge is 2.29. The lowest BCUT2D eigenvalue weighted by Gasteiger charge is -2.08. The first-order chi connectivity index (χ1) is 9.77. The van der Waals surface area contributed by atoms with Crippen LogP contribution >= 0.6 is 0 Å². The summed E-state index contributed by atoms with van der Waals surface area (Å²) >= 11 is 0. The molecule has 0 radical (unpaired) electrons. The molecule has 1 heterocycles. The zero-order chi connectivity index (χ0) is 15.6. The monoisotopic (exact) mass is 299 g/mol. The van der Waals surface area contributed by atoms with Crippen LogP contribution < -0.4 is 5.73 Å². The number of carbonyl (C=O) groups is 1. The van der Waals surface area contributed by atoms with Crippen LogP contribution in [0.25, 0.3) is 0 Å². The fourth-order valence-electron chi connectivity index (χ4n) is 1.83. The Morgan fingerprint density at radius 2 is 1.90 bits per heavy atom. The van der Waals surface area contributed by atoms with E-state index in [1.165, 1.54) is 23.0 Å². The second-order valence-corrected chi connectivity index (χ2v) is 4.48. The molecule has 0 fully saturated rings. The molecule has 0 aliphatic rings. The molecule has 0 unspecified atom stereocenters. The Labute approximate surface area is 117 Å². The van der Waals surface area contributed by atoms with Crippen molar-refractivity contribution in [1.29, 1.82) is 0 Å². The molecule has 2 aromatic rings. The number of carboxylic acids is 1. The fraction of sp³-hybridized carbons (Fsp3) is 0.231. The smallest absolute Gasteiger partial charge is 0.416 e. The number of rotatable bonds is 4. The van der Waals surface area contributed by atoms with Crippen molar-refractivity contribution in [3.8, 4) is 0 Å². The number of aromatic nitrogens is 2. The van der Waals surface area contributed by atoms with Crippen LogP contribution in [0.4, 0.5) is 19.0 Å². The van der Waals surface area contributed by atoms with E-state index in [4.69, 9.17) is 10.8 Å². The molecular weight excluding hydrogens is 287 g/mol. The summed E-state index contributed by atoms with van der Waals surface area (Å²) in [6.45, 7) is 0.170. The number of anilines is 1. The zero-order valence-corrected chi connectivity index (χ0v) is 10.8. The highest BCUT2D eigenvalue weighted by atomic mass is 19.4. The van der Waals surface area contributed by atoms with Crippen molar-refractivity contribution >= 4 is 11.8 Å². The van der Waals surface area contributed by atoms with Gasteiger partial charge in [0.25, 0.3) is 0 Å². The minimum Gasteiger partial charge on any atom is -0.481 e. The number of nitrogens with zero attached hydrogens (tertiary/aromatic N) is 2. The summed E-state index contributed by atoms with van der Waals surface area (Å²) in [6.07, 6.45) is -3.29. The van der Waals surface area contributed by atoms with E-state index in [0.717, 1.165) is 12.1 Å². The van der Waals surface area contributed by atoms with Gasteiger partial charge < -0.3 is 10.8 Å². The van der Waals surface area contributed by atoms with Crippen molar-refractivity contribution in [3.05, 3.63) is 47.2 Å². The van der Waals surface area contributed by atoms with Gasteiger partial charge in [0.1, 0.15) is 5.82 Å². The Kier molecular flexibility index (Phi) is 3.88. The van der Waals surface area contributed by atoms with Crippen LogP contribution in [0, 0.1) is 0 Å². The lowest BCUT2D eigenvalue weighted by Crippen LogP contribution is -2.09. The van der Waals surface area contributed by atoms with Crippen LogP contribution in [0.2, 0.25) is 0 Å². The number of hydrogen-bond donors (Lipinski definition) is 2. The molecule has 3 N–H and O–H groups in total. The summed E-state index contributed by atoms with van der Waals surface area (Å²) in [5.74, 6) is -0.840. The molecule has 21 heavy (non-hydrogen) atoms. The number of alkyl halides is 3. The predicted octanol–water partition coefficient (Wildman–Crippen LogP) is 2.16. The van der Waals surface area contributed by atoms with Gasteiger partial charge in [-0.1, -0.05) is 12.1 Å². The van der Waals surface area contributed by atoms with Crippen molar-refractivity contribution in [2.24, 2.45) is 0 Å². The van der Waals surface area contributed by atoms with Gasteiger partial charge in [-0.25, -0.2) is 4.68 Å². The molecule has 8 heteroatoms. The molecule has 0 amide bonds. The highest BCUT2D eigenvalue weighted by molar-refractivity contribution is 5.72. The largest absolute Gasteiger partial charge is 0.481 e. The van der Waals surface area contributed by atoms with E-state index in [1.807, 2.05) is 0 Å². The van der Waals surface area contributed by atoms with E-state index >= 15 is 0 Å². The molecule has 0 spiro atoms. The summed E-state index contributed by atoms with van der Waals surface area (Å²) in [5, 5.41) is 12.6.